The Labute approximate surface area is 176 Å². The Balaban J connectivity index is 1.70. The Morgan fingerprint density at radius 2 is 1.76 bits per heavy atom. The van der Waals surface area contributed by atoms with E-state index in [2.05, 4.69) is 44.8 Å². The van der Waals surface area contributed by atoms with E-state index >= 15 is 0 Å². The van der Waals surface area contributed by atoms with Crippen molar-refractivity contribution in [1.82, 2.24) is 19.8 Å². The highest BCUT2D eigenvalue weighted by Crippen LogP contribution is 2.13. The van der Waals surface area contributed by atoms with Gasteiger partial charge >= 0.3 is 0 Å². The van der Waals surface area contributed by atoms with Gasteiger partial charge in [-0.1, -0.05) is 37.6 Å². The Morgan fingerprint density at radius 3 is 2.34 bits per heavy atom. The third-order valence-electron chi connectivity index (χ3n) is 5.26. The van der Waals surface area contributed by atoms with Crippen molar-refractivity contribution >= 4 is 16.0 Å². The lowest BCUT2D eigenvalue weighted by molar-refractivity contribution is 0.221. The summed E-state index contributed by atoms with van der Waals surface area (Å²) in [6.45, 7) is 7.70. The molecule has 0 amide bonds. The van der Waals surface area contributed by atoms with Crippen LogP contribution in [0.15, 0.2) is 29.3 Å². The molecule has 0 radical (unpaired) electrons. The predicted octanol–water partition coefficient (Wildman–Crippen LogP) is 2.01. The standard InChI is InChI=1S/C21H37N5O2S/c1-4-26(29(3,27)28)16-8-13-23-21(22-2)24-17-19-9-11-20(12-10-19)18-25-14-6-5-7-15-25/h9-12H,4-8,13-18H2,1-3H3,(H2,22,23,24). The number of nitrogens with one attached hydrogen (secondary N) is 2. The minimum Gasteiger partial charge on any atom is -0.356 e. The van der Waals surface area contributed by atoms with Crippen LogP contribution in [0.3, 0.4) is 0 Å². The molecule has 1 aromatic rings. The topological polar surface area (TPSA) is 77.0 Å². The Hall–Kier alpha value is -1.64. The Kier molecular flexibility index (Phi) is 9.90. The van der Waals surface area contributed by atoms with Crippen LogP contribution in [0.1, 0.15) is 43.7 Å². The van der Waals surface area contributed by atoms with Crippen LogP contribution in [0.2, 0.25) is 0 Å². The Bertz CT molecular complexity index is 728. The highest BCUT2D eigenvalue weighted by Gasteiger charge is 2.13. The first-order chi connectivity index (χ1) is 13.9. The molecule has 7 nitrogen and oxygen atoms in total. The zero-order chi connectivity index (χ0) is 21.1. The summed E-state index contributed by atoms with van der Waals surface area (Å²) < 4.78 is 24.7. The van der Waals surface area contributed by atoms with Gasteiger partial charge in [0.2, 0.25) is 10.0 Å². The molecule has 0 aromatic heterocycles. The van der Waals surface area contributed by atoms with Crippen molar-refractivity contribution in [2.75, 3.05) is 46.0 Å². The Morgan fingerprint density at radius 1 is 1.10 bits per heavy atom. The molecule has 2 rings (SSSR count). The van der Waals surface area contributed by atoms with Crippen LogP contribution in [0.25, 0.3) is 0 Å². The molecule has 164 valence electrons. The first-order valence-electron chi connectivity index (χ1n) is 10.6. The minimum atomic E-state index is -3.12. The van der Waals surface area contributed by atoms with Gasteiger partial charge in [0.1, 0.15) is 0 Å². The number of guanidine groups is 1. The number of aliphatic imine (C=N–C) groups is 1. The molecule has 2 N–H and O–H groups in total. The number of benzene rings is 1. The van der Waals surface area contributed by atoms with Crippen LogP contribution in [0.5, 0.6) is 0 Å². The third kappa shape index (κ3) is 8.72. The average molecular weight is 424 g/mol. The maximum absolute atomic E-state index is 11.6. The van der Waals surface area contributed by atoms with Crippen molar-refractivity contribution in [2.24, 2.45) is 4.99 Å². The number of hydrogen-bond donors (Lipinski definition) is 2. The van der Waals surface area contributed by atoms with Gasteiger partial charge in [0, 0.05) is 39.8 Å². The van der Waals surface area contributed by atoms with E-state index in [1.807, 2.05) is 6.92 Å². The number of sulfonamides is 1. The lowest BCUT2D eigenvalue weighted by Crippen LogP contribution is -2.39. The van der Waals surface area contributed by atoms with Gasteiger partial charge in [-0.2, -0.15) is 0 Å². The lowest BCUT2D eigenvalue weighted by atomic mass is 10.1. The molecule has 0 atom stereocenters. The zero-order valence-electron chi connectivity index (χ0n) is 18.2. The van der Waals surface area contributed by atoms with Gasteiger partial charge < -0.3 is 10.6 Å². The molecule has 1 fully saturated rings. The molecule has 0 spiro atoms. The molecule has 1 aliphatic rings. The fraction of sp³-hybridized carbons (Fsp3) is 0.667. The van der Waals surface area contributed by atoms with E-state index in [9.17, 15) is 8.42 Å². The summed E-state index contributed by atoms with van der Waals surface area (Å²) in [7, 11) is -1.38. The molecule has 29 heavy (non-hydrogen) atoms. The van der Waals surface area contributed by atoms with Crippen molar-refractivity contribution < 1.29 is 8.42 Å². The summed E-state index contributed by atoms with van der Waals surface area (Å²) in [6, 6.07) is 8.77. The quantitative estimate of drug-likeness (QED) is 0.342. The number of likely N-dealkylation sites (tertiary alicyclic amines) is 1. The first kappa shape index (κ1) is 23.6. The van der Waals surface area contributed by atoms with Crippen LogP contribution in [-0.4, -0.2) is 69.6 Å². The smallest absolute Gasteiger partial charge is 0.211 e. The van der Waals surface area contributed by atoms with E-state index < -0.39 is 10.0 Å². The van der Waals surface area contributed by atoms with Gasteiger partial charge in [-0.15, -0.1) is 0 Å². The van der Waals surface area contributed by atoms with Gasteiger partial charge in [-0.05, 0) is 43.5 Å². The van der Waals surface area contributed by atoms with E-state index in [1.165, 1.54) is 54.0 Å². The second kappa shape index (κ2) is 12.1. The molecule has 1 aliphatic heterocycles. The number of rotatable bonds is 10. The van der Waals surface area contributed by atoms with Crippen LogP contribution < -0.4 is 10.6 Å². The average Bonchev–Trinajstić information content (AvgIpc) is 2.71. The van der Waals surface area contributed by atoms with Crippen LogP contribution >= 0.6 is 0 Å². The van der Waals surface area contributed by atoms with Crippen molar-refractivity contribution in [1.29, 1.82) is 0 Å². The number of piperidine rings is 1. The lowest BCUT2D eigenvalue weighted by Gasteiger charge is -2.26. The SMILES string of the molecule is CCN(CCCNC(=NC)NCc1ccc(CN2CCCCC2)cc1)S(C)(=O)=O. The van der Waals surface area contributed by atoms with Crippen molar-refractivity contribution in [3.8, 4) is 0 Å². The van der Waals surface area contributed by atoms with Gasteiger partial charge in [0.15, 0.2) is 5.96 Å². The van der Waals surface area contributed by atoms with Gasteiger partial charge in [0.25, 0.3) is 0 Å². The summed E-state index contributed by atoms with van der Waals surface area (Å²) >= 11 is 0. The second-order valence-corrected chi connectivity index (χ2v) is 9.60. The second-order valence-electron chi connectivity index (χ2n) is 7.61. The molecule has 8 heteroatoms. The molecule has 0 unspecified atom stereocenters. The molecular formula is C21H37N5O2S. The summed E-state index contributed by atoms with van der Waals surface area (Å²) in [5.41, 5.74) is 2.58. The van der Waals surface area contributed by atoms with Gasteiger partial charge in [-0.25, -0.2) is 12.7 Å². The summed E-state index contributed by atoms with van der Waals surface area (Å²) in [5, 5.41) is 6.56. The van der Waals surface area contributed by atoms with Crippen LogP contribution in [0, 0.1) is 0 Å². The molecule has 0 bridgehead atoms. The molecule has 1 heterocycles. The molecule has 0 aliphatic carbocycles. The zero-order valence-corrected chi connectivity index (χ0v) is 19.0. The van der Waals surface area contributed by atoms with Crippen molar-refractivity contribution in [2.45, 2.75) is 45.7 Å². The molecule has 0 saturated carbocycles. The van der Waals surface area contributed by atoms with E-state index in [4.69, 9.17) is 0 Å². The van der Waals surface area contributed by atoms with Gasteiger partial charge in [-0.3, -0.25) is 9.89 Å². The van der Waals surface area contributed by atoms with Crippen molar-refractivity contribution in [3.05, 3.63) is 35.4 Å². The minimum absolute atomic E-state index is 0.500. The van der Waals surface area contributed by atoms with Crippen molar-refractivity contribution in [3.63, 3.8) is 0 Å². The maximum Gasteiger partial charge on any atom is 0.211 e. The molecule has 1 aromatic carbocycles. The van der Waals surface area contributed by atoms with Crippen LogP contribution in [0.4, 0.5) is 0 Å². The fourth-order valence-corrected chi connectivity index (χ4v) is 4.50. The van der Waals surface area contributed by atoms with E-state index in [-0.39, 0.29) is 0 Å². The van der Waals surface area contributed by atoms with E-state index in [0.29, 0.717) is 26.2 Å². The highest BCUT2D eigenvalue weighted by molar-refractivity contribution is 7.88. The van der Waals surface area contributed by atoms with E-state index in [0.717, 1.165) is 18.9 Å². The van der Waals surface area contributed by atoms with Gasteiger partial charge in [0.05, 0.1) is 6.26 Å². The van der Waals surface area contributed by atoms with Crippen LogP contribution in [-0.2, 0) is 23.1 Å². The first-order valence-corrected chi connectivity index (χ1v) is 12.5. The third-order valence-corrected chi connectivity index (χ3v) is 6.64. The molecule has 1 saturated heterocycles. The summed E-state index contributed by atoms with van der Waals surface area (Å²) in [6.07, 6.45) is 5.98. The monoisotopic (exact) mass is 423 g/mol. The van der Waals surface area contributed by atoms with E-state index in [1.54, 1.807) is 7.05 Å². The number of hydrogen-bond acceptors (Lipinski definition) is 4. The number of nitrogens with zero attached hydrogens (tertiary/aromatic N) is 3. The largest absolute Gasteiger partial charge is 0.356 e. The maximum atomic E-state index is 11.6. The molecular weight excluding hydrogens is 386 g/mol. The summed E-state index contributed by atoms with van der Waals surface area (Å²) in [4.78, 5) is 6.77. The fourth-order valence-electron chi connectivity index (χ4n) is 3.57. The summed E-state index contributed by atoms with van der Waals surface area (Å²) in [5.74, 6) is 0.727. The highest BCUT2D eigenvalue weighted by atomic mass is 32.2. The normalized spacial score (nSPS) is 16.2. The predicted molar refractivity (Wildman–Crippen MR) is 120 cm³/mol.